The maximum Gasteiger partial charge on any atom is 0.287 e. The fraction of sp³-hybridized carbons (Fsp3) is 0.158. The highest BCUT2D eigenvalue weighted by Crippen LogP contribution is 2.25. The predicted molar refractivity (Wildman–Crippen MR) is 89.8 cm³/mol. The van der Waals surface area contributed by atoms with Gasteiger partial charge in [0.15, 0.2) is 0 Å². The molecule has 0 atom stereocenters. The second-order valence-corrected chi connectivity index (χ2v) is 6.05. The summed E-state index contributed by atoms with van der Waals surface area (Å²) in [6.07, 6.45) is 0. The number of amides is 1. The van der Waals surface area contributed by atoms with Gasteiger partial charge in [-0.3, -0.25) is 9.69 Å². The van der Waals surface area contributed by atoms with Crippen LogP contribution in [0.1, 0.15) is 27.2 Å². The molecule has 1 aromatic heterocycles. The minimum atomic E-state index is -0.612. The van der Waals surface area contributed by atoms with E-state index in [0.717, 1.165) is 25.2 Å². The van der Waals surface area contributed by atoms with Gasteiger partial charge in [-0.1, -0.05) is 53.7 Å². The van der Waals surface area contributed by atoms with Crippen molar-refractivity contribution in [1.29, 1.82) is 0 Å². The smallest absolute Gasteiger partial charge is 0.287 e. The Bertz CT molecular complexity index is 859. The first-order valence-electron chi connectivity index (χ1n) is 7.84. The lowest BCUT2D eigenvalue weighted by Crippen LogP contribution is -2.15. The van der Waals surface area contributed by atoms with Gasteiger partial charge in [0.2, 0.25) is 5.76 Å². The Labute approximate surface area is 139 Å². The molecule has 4 rings (SSSR count). The number of carbonyl (C=O) groups excluding carboxylic acids is 1. The Morgan fingerprint density at radius 1 is 1.08 bits per heavy atom. The second-order valence-electron chi connectivity index (χ2n) is 6.05. The average Bonchev–Trinajstić information content (AvgIpc) is 3.22. The fourth-order valence-electron chi connectivity index (χ4n) is 3.08. The van der Waals surface area contributed by atoms with E-state index < -0.39 is 5.91 Å². The number of aromatic nitrogens is 1. The van der Waals surface area contributed by atoms with Gasteiger partial charge in [0.1, 0.15) is 5.69 Å². The molecule has 2 aromatic carbocycles. The molecule has 120 valence electrons. The van der Waals surface area contributed by atoms with Crippen LogP contribution in [0.3, 0.4) is 0 Å². The molecule has 5 heteroatoms. The van der Waals surface area contributed by atoms with E-state index in [1.807, 2.05) is 12.1 Å². The van der Waals surface area contributed by atoms with E-state index in [1.54, 1.807) is 6.07 Å². The van der Waals surface area contributed by atoms with Crippen LogP contribution >= 0.6 is 0 Å². The molecule has 1 amide bonds. The summed E-state index contributed by atoms with van der Waals surface area (Å²) in [5.74, 6) is -0.539. The number of fused-ring (bicyclic) bond motifs is 1. The van der Waals surface area contributed by atoms with Crippen molar-refractivity contribution in [2.45, 2.75) is 19.6 Å². The van der Waals surface area contributed by atoms with Gasteiger partial charge in [0, 0.05) is 31.3 Å². The van der Waals surface area contributed by atoms with Crippen molar-refractivity contribution < 1.29 is 9.32 Å². The first-order valence-corrected chi connectivity index (χ1v) is 7.84. The third-order valence-electron chi connectivity index (χ3n) is 4.32. The van der Waals surface area contributed by atoms with Crippen LogP contribution < -0.4 is 5.73 Å². The first-order chi connectivity index (χ1) is 11.7. The van der Waals surface area contributed by atoms with Crippen molar-refractivity contribution >= 4 is 5.91 Å². The van der Waals surface area contributed by atoms with Crippen molar-refractivity contribution in [1.82, 2.24) is 10.1 Å². The molecule has 3 aromatic rings. The van der Waals surface area contributed by atoms with Crippen molar-refractivity contribution in [2.75, 3.05) is 0 Å². The molecule has 24 heavy (non-hydrogen) atoms. The van der Waals surface area contributed by atoms with Crippen LogP contribution in [0, 0.1) is 0 Å². The summed E-state index contributed by atoms with van der Waals surface area (Å²) in [6, 6.07) is 18.3. The van der Waals surface area contributed by atoms with Crippen LogP contribution in [0.2, 0.25) is 0 Å². The Balaban J connectivity index is 1.46. The zero-order valence-corrected chi connectivity index (χ0v) is 13.1. The zero-order chi connectivity index (χ0) is 16.5. The highest BCUT2D eigenvalue weighted by molar-refractivity contribution is 5.90. The molecule has 2 heterocycles. The second kappa shape index (κ2) is 5.94. The lowest BCUT2D eigenvalue weighted by Gasteiger charge is -2.14. The summed E-state index contributed by atoms with van der Waals surface area (Å²) in [6.45, 7) is 2.88. The van der Waals surface area contributed by atoms with Crippen LogP contribution in [-0.4, -0.2) is 16.0 Å². The highest BCUT2D eigenvalue weighted by Gasteiger charge is 2.18. The molecule has 2 N–H and O–H groups in total. The van der Waals surface area contributed by atoms with Crippen molar-refractivity contribution in [3.05, 3.63) is 77.0 Å². The number of benzene rings is 2. The normalized spacial score (nSPS) is 13.8. The largest absolute Gasteiger partial charge is 0.363 e. The number of rotatable bonds is 4. The Morgan fingerprint density at radius 3 is 2.33 bits per heavy atom. The molecular formula is C19H17N3O2. The van der Waals surface area contributed by atoms with Crippen LogP contribution in [-0.2, 0) is 19.6 Å². The van der Waals surface area contributed by atoms with E-state index in [4.69, 9.17) is 10.3 Å². The Morgan fingerprint density at radius 2 is 1.75 bits per heavy atom. The summed E-state index contributed by atoms with van der Waals surface area (Å²) in [5.41, 5.74) is 10.8. The maximum absolute atomic E-state index is 11.1. The van der Waals surface area contributed by atoms with E-state index in [-0.39, 0.29) is 5.76 Å². The SMILES string of the molecule is NC(=O)c1cc(-c2ccc(CN3Cc4ccccc4C3)cc2)no1. The van der Waals surface area contributed by atoms with Gasteiger partial charge >= 0.3 is 0 Å². The molecule has 0 saturated heterocycles. The predicted octanol–water partition coefficient (Wildman–Crippen LogP) is 2.96. The van der Waals surface area contributed by atoms with Crippen LogP contribution in [0.25, 0.3) is 11.3 Å². The van der Waals surface area contributed by atoms with Gasteiger partial charge in [-0.05, 0) is 16.7 Å². The highest BCUT2D eigenvalue weighted by atomic mass is 16.5. The molecule has 5 nitrogen and oxygen atoms in total. The number of nitrogens with zero attached hydrogens (tertiary/aromatic N) is 2. The lowest BCUT2D eigenvalue weighted by molar-refractivity contribution is 0.0965. The number of hydrogen-bond donors (Lipinski definition) is 1. The first kappa shape index (κ1) is 14.7. The molecule has 0 radical (unpaired) electrons. The number of carbonyl (C=O) groups is 1. The van der Waals surface area contributed by atoms with Crippen LogP contribution in [0.4, 0.5) is 0 Å². The summed E-state index contributed by atoms with van der Waals surface area (Å²) in [5, 5.41) is 3.88. The third kappa shape index (κ3) is 2.81. The molecule has 0 unspecified atom stereocenters. The molecular weight excluding hydrogens is 302 g/mol. The van der Waals surface area contributed by atoms with Crippen LogP contribution in [0.15, 0.2) is 59.1 Å². The number of nitrogens with two attached hydrogens (primary N) is 1. The van der Waals surface area contributed by atoms with Gasteiger partial charge in [-0.2, -0.15) is 0 Å². The standard InChI is InChI=1S/C19H17N3O2/c20-19(23)18-9-17(21-24-18)14-7-5-13(6-8-14)10-22-11-15-3-1-2-4-16(15)12-22/h1-9H,10-12H2,(H2,20,23). The van der Waals surface area contributed by atoms with Gasteiger partial charge in [-0.15, -0.1) is 0 Å². The van der Waals surface area contributed by atoms with E-state index in [9.17, 15) is 4.79 Å². The minimum Gasteiger partial charge on any atom is -0.363 e. The lowest BCUT2D eigenvalue weighted by atomic mass is 10.1. The van der Waals surface area contributed by atoms with Crippen molar-refractivity contribution in [3.8, 4) is 11.3 Å². The number of primary amides is 1. The molecule has 1 aliphatic heterocycles. The minimum absolute atomic E-state index is 0.0731. The van der Waals surface area contributed by atoms with E-state index in [2.05, 4.69) is 46.5 Å². The van der Waals surface area contributed by atoms with Crippen molar-refractivity contribution in [2.24, 2.45) is 5.73 Å². The van der Waals surface area contributed by atoms with E-state index >= 15 is 0 Å². The molecule has 0 spiro atoms. The monoisotopic (exact) mass is 319 g/mol. The Hall–Kier alpha value is -2.92. The fourth-order valence-corrected chi connectivity index (χ4v) is 3.08. The number of hydrogen-bond acceptors (Lipinski definition) is 4. The quantitative estimate of drug-likeness (QED) is 0.802. The molecule has 0 saturated carbocycles. The van der Waals surface area contributed by atoms with Gasteiger partial charge in [0.05, 0.1) is 0 Å². The molecule has 0 aliphatic carbocycles. The summed E-state index contributed by atoms with van der Waals surface area (Å²) >= 11 is 0. The topological polar surface area (TPSA) is 72.4 Å². The van der Waals surface area contributed by atoms with E-state index in [1.165, 1.54) is 16.7 Å². The van der Waals surface area contributed by atoms with Gasteiger partial charge < -0.3 is 10.3 Å². The van der Waals surface area contributed by atoms with Crippen LogP contribution in [0.5, 0.6) is 0 Å². The van der Waals surface area contributed by atoms with Crippen molar-refractivity contribution in [3.63, 3.8) is 0 Å². The summed E-state index contributed by atoms with van der Waals surface area (Å²) in [7, 11) is 0. The maximum atomic E-state index is 11.1. The van der Waals surface area contributed by atoms with Gasteiger partial charge in [-0.25, -0.2) is 0 Å². The zero-order valence-electron chi connectivity index (χ0n) is 13.1. The molecule has 0 fully saturated rings. The third-order valence-corrected chi connectivity index (χ3v) is 4.32. The van der Waals surface area contributed by atoms with Gasteiger partial charge in [0.25, 0.3) is 5.91 Å². The summed E-state index contributed by atoms with van der Waals surface area (Å²) in [4.78, 5) is 13.5. The van der Waals surface area contributed by atoms with E-state index in [0.29, 0.717) is 5.69 Å². The summed E-state index contributed by atoms with van der Waals surface area (Å²) < 4.78 is 4.92. The molecule has 0 bridgehead atoms. The molecule has 1 aliphatic rings. The Kier molecular flexibility index (Phi) is 3.63. The average molecular weight is 319 g/mol.